The van der Waals surface area contributed by atoms with Gasteiger partial charge in [0.25, 0.3) is 0 Å². The molecule has 0 unspecified atom stereocenters. The Labute approximate surface area is 86.8 Å². The number of rotatable bonds is 6. The zero-order valence-corrected chi connectivity index (χ0v) is 9.87. The lowest BCUT2D eigenvalue weighted by molar-refractivity contribution is -0.696. The zero-order chi connectivity index (χ0) is 9.52. The molecule has 13 heavy (non-hydrogen) atoms. The van der Waals surface area contributed by atoms with Gasteiger partial charge in [-0.15, -0.1) is 0 Å². The fraction of sp³-hybridized carbons (Fsp3) is 0.667. The summed E-state index contributed by atoms with van der Waals surface area (Å²) in [6.45, 7) is 2.20. The van der Waals surface area contributed by atoms with Crippen molar-refractivity contribution >= 4 is 20.5 Å². The molecule has 1 aromatic rings. The summed E-state index contributed by atoms with van der Waals surface area (Å²) >= 11 is 0. The SMILES string of the molecule is [Si]CCCn1cc[n+](CCC[Si])c1. The van der Waals surface area contributed by atoms with E-state index >= 15 is 0 Å². The van der Waals surface area contributed by atoms with Gasteiger partial charge in [-0.05, 0) is 12.8 Å². The number of hydrogen-bond acceptors (Lipinski definition) is 0. The minimum absolute atomic E-state index is 1.07. The standard InChI is InChI=1S/C9H15N2Si2/c12-7-1-3-10-5-6-11(9-10)4-2-8-13/h5-6,9H,1-4,7-8H2/q+1. The molecule has 1 aromatic heterocycles. The maximum atomic E-state index is 3.47. The van der Waals surface area contributed by atoms with E-state index < -0.39 is 0 Å². The van der Waals surface area contributed by atoms with Crippen molar-refractivity contribution in [2.24, 2.45) is 0 Å². The Hall–Kier alpha value is -0.356. The average Bonchev–Trinajstić information content (AvgIpc) is 2.59. The van der Waals surface area contributed by atoms with Crippen molar-refractivity contribution in [1.82, 2.24) is 4.57 Å². The van der Waals surface area contributed by atoms with Crippen molar-refractivity contribution < 1.29 is 4.57 Å². The Kier molecular flexibility index (Phi) is 5.07. The summed E-state index contributed by atoms with van der Waals surface area (Å²) in [6.07, 6.45) is 8.81. The molecule has 0 fully saturated rings. The smallest absolute Gasteiger partial charge is 0.237 e. The third-order valence-corrected chi connectivity index (χ3v) is 2.64. The molecule has 0 amide bonds. The predicted octanol–water partition coefficient (Wildman–Crippen LogP) is 0.729. The van der Waals surface area contributed by atoms with Gasteiger partial charge in [-0.1, -0.05) is 12.1 Å². The minimum atomic E-state index is 1.07. The molecule has 1 heterocycles. The quantitative estimate of drug-likeness (QED) is 0.480. The van der Waals surface area contributed by atoms with Crippen LogP contribution in [0, 0.1) is 0 Å². The fourth-order valence-electron chi connectivity index (χ4n) is 1.23. The molecule has 2 nitrogen and oxygen atoms in total. The van der Waals surface area contributed by atoms with Crippen molar-refractivity contribution in [2.45, 2.75) is 38.0 Å². The summed E-state index contributed by atoms with van der Waals surface area (Å²) in [5.41, 5.74) is 0. The first kappa shape index (κ1) is 10.7. The van der Waals surface area contributed by atoms with Gasteiger partial charge in [0.15, 0.2) is 0 Å². The Morgan fingerprint density at radius 2 is 1.92 bits per heavy atom. The lowest BCUT2D eigenvalue weighted by atomic mass is 10.5. The lowest BCUT2D eigenvalue weighted by Crippen LogP contribution is -2.30. The fourth-order valence-corrected chi connectivity index (χ4v) is 1.54. The van der Waals surface area contributed by atoms with Crippen molar-refractivity contribution in [2.75, 3.05) is 0 Å². The van der Waals surface area contributed by atoms with Gasteiger partial charge in [0, 0.05) is 20.5 Å². The van der Waals surface area contributed by atoms with Crippen LogP contribution in [0.25, 0.3) is 0 Å². The summed E-state index contributed by atoms with van der Waals surface area (Å²) in [6, 6.07) is 2.14. The van der Waals surface area contributed by atoms with Crippen molar-refractivity contribution in [3.05, 3.63) is 18.7 Å². The molecule has 0 aliphatic carbocycles. The number of aryl methyl sites for hydroxylation is 2. The highest BCUT2D eigenvalue weighted by Gasteiger charge is 2.01. The van der Waals surface area contributed by atoms with E-state index in [1.807, 2.05) is 0 Å². The van der Waals surface area contributed by atoms with E-state index in [0.29, 0.717) is 0 Å². The first-order chi connectivity index (χ1) is 6.36. The van der Waals surface area contributed by atoms with E-state index in [4.69, 9.17) is 0 Å². The molecule has 0 aromatic carbocycles. The number of nitrogens with zero attached hydrogens (tertiary/aromatic N) is 2. The summed E-state index contributed by atoms with van der Waals surface area (Å²) in [5.74, 6) is 0. The maximum absolute atomic E-state index is 3.47. The first-order valence-corrected chi connectivity index (χ1v) is 6.12. The molecular weight excluding hydrogens is 192 g/mol. The molecule has 0 bridgehead atoms. The third kappa shape index (κ3) is 3.91. The summed E-state index contributed by atoms with van der Waals surface area (Å²) < 4.78 is 4.46. The Morgan fingerprint density at radius 1 is 1.15 bits per heavy atom. The van der Waals surface area contributed by atoms with Gasteiger partial charge >= 0.3 is 0 Å². The van der Waals surface area contributed by atoms with Gasteiger partial charge < -0.3 is 0 Å². The van der Waals surface area contributed by atoms with Crippen LogP contribution < -0.4 is 4.57 Å². The van der Waals surface area contributed by atoms with Gasteiger partial charge in [-0.3, -0.25) is 0 Å². The highest BCUT2D eigenvalue weighted by atomic mass is 28.1. The van der Waals surface area contributed by atoms with Crippen LogP contribution in [0.15, 0.2) is 18.7 Å². The van der Waals surface area contributed by atoms with Crippen LogP contribution >= 0.6 is 0 Å². The molecule has 1 rings (SSSR count). The lowest BCUT2D eigenvalue weighted by Gasteiger charge is -1.93. The predicted molar refractivity (Wildman–Crippen MR) is 55.0 cm³/mol. The summed E-state index contributed by atoms with van der Waals surface area (Å²) in [4.78, 5) is 0. The summed E-state index contributed by atoms with van der Waals surface area (Å²) in [5, 5.41) is 0. The van der Waals surface area contributed by atoms with Crippen molar-refractivity contribution in [1.29, 1.82) is 0 Å². The monoisotopic (exact) mass is 207 g/mol. The second kappa shape index (κ2) is 6.15. The van der Waals surface area contributed by atoms with Gasteiger partial charge in [-0.2, -0.15) is 0 Å². The van der Waals surface area contributed by atoms with E-state index in [1.54, 1.807) is 0 Å². The van der Waals surface area contributed by atoms with E-state index in [2.05, 4.69) is 48.3 Å². The van der Waals surface area contributed by atoms with Crippen LogP contribution in [-0.2, 0) is 13.1 Å². The van der Waals surface area contributed by atoms with Gasteiger partial charge in [-0.25, -0.2) is 9.13 Å². The number of hydrogen-bond donors (Lipinski definition) is 0. The highest BCUT2D eigenvalue weighted by molar-refractivity contribution is 6.08. The van der Waals surface area contributed by atoms with Crippen LogP contribution in [0.5, 0.6) is 0 Å². The van der Waals surface area contributed by atoms with Crippen molar-refractivity contribution in [3.8, 4) is 0 Å². The molecule has 4 heteroatoms. The molecule has 0 N–H and O–H groups in total. The number of aromatic nitrogens is 2. The van der Waals surface area contributed by atoms with Crippen LogP contribution in [0.4, 0.5) is 0 Å². The molecule has 0 saturated heterocycles. The van der Waals surface area contributed by atoms with Gasteiger partial charge in [0.2, 0.25) is 6.33 Å². The Balaban J connectivity index is 2.34. The molecule has 0 saturated carbocycles. The van der Waals surface area contributed by atoms with Crippen LogP contribution in [0.1, 0.15) is 12.8 Å². The first-order valence-electron chi connectivity index (χ1n) is 4.71. The van der Waals surface area contributed by atoms with E-state index in [1.165, 1.54) is 12.8 Å². The van der Waals surface area contributed by atoms with Crippen molar-refractivity contribution in [3.63, 3.8) is 0 Å². The zero-order valence-electron chi connectivity index (χ0n) is 7.87. The van der Waals surface area contributed by atoms with Crippen LogP contribution in [-0.4, -0.2) is 25.1 Å². The third-order valence-electron chi connectivity index (χ3n) is 1.93. The Bertz CT molecular complexity index is 213. The van der Waals surface area contributed by atoms with Gasteiger partial charge in [0.1, 0.15) is 12.4 Å². The largest absolute Gasteiger partial charge is 0.243 e. The molecule has 0 aliphatic rings. The normalized spacial score (nSPS) is 10.6. The Morgan fingerprint density at radius 3 is 2.62 bits per heavy atom. The molecule has 0 spiro atoms. The van der Waals surface area contributed by atoms with Gasteiger partial charge in [0.05, 0.1) is 13.1 Å². The van der Waals surface area contributed by atoms with Crippen LogP contribution in [0.3, 0.4) is 0 Å². The minimum Gasteiger partial charge on any atom is -0.237 e. The molecule has 68 valence electrons. The van der Waals surface area contributed by atoms with E-state index in [-0.39, 0.29) is 0 Å². The second-order valence-corrected chi connectivity index (χ2v) is 4.10. The number of imidazole rings is 1. The van der Waals surface area contributed by atoms with E-state index in [9.17, 15) is 0 Å². The van der Waals surface area contributed by atoms with E-state index in [0.717, 1.165) is 25.2 Å². The molecular formula is C9H15N2Si2+. The average molecular weight is 207 g/mol. The maximum Gasteiger partial charge on any atom is 0.243 e. The van der Waals surface area contributed by atoms with Crippen LogP contribution in [0.2, 0.25) is 12.1 Å². The topological polar surface area (TPSA) is 8.81 Å². The molecule has 0 aliphatic heterocycles. The second-order valence-electron chi connectivity index (χ2n) is 3.10. The molecule has 6 radical (unpaired) electrons. The molecule has 0 atom stereocenters. The summed E-state index contributed by atoms with van der Waals surface area (Å²) in [7, 11) is 6.95. The highest BCUT2D eigenvalue weighted by Crippen LogP contribution is 1.92.